The zero-order chi connectivity index (χ0) is 17.9. The van der Waals surface area contributed by atoms with Crippen molar-refractivity contribution in [2.75, 3.05) is 12.3 Å². The molecule has 1 aliphatic heterocycles. The van der Waals surface area contributed by atoms with Gasteiger partial charge in [0.25, 0.3) is 0 Å². The first-order chi connectivity index (χ1) is 11.8. The Balaban J connectivity index is 2.06. The lowest BCUT2D eigenvalue weighted by Crippen LogP contribution is -2.12. The molecule has 0 atom stereocenters. The van der Waals surface area contributed by atoms with E-state index in [2.05, 4.69) is 9.97 Å². The third kappa shape index (κ3) is 2.73. The van der Waals surface area contributed by atoms with Gasteiger partial charge in [0, 0.05) is 27.8 Å². The van der Waals surface area contributed by atoms with E-state index in [1.54, 1.807) is 19.9 Å². The number of hydrogen-bond acceptors (Lipinski definition) is 6. The van der Waals surface area contributed by atoms with Crippen molar-refractivity contribution in [3.05, 3.63) is 32.6 Å². The molecule has 1 aromatic carbocycles. The molecular weight excluding hydrogens is 381 g/mol. The monoisotopic (exact) mass is 395 g/mol. The minimum Gasteiger partial charge on any atom is -0.491 e. The molecular formula is C17H15Cl2N3O2S. The molecule has 3 aromatic rings. The van der Waals surface area contributed by atoms with Crippen LogP contribution >= 0.6 is 34.5 Å². The van der Waals surface area contributed by atoms with Crippen LogP contribution in [0.4, 0.5) is 5.95 Å². The fraction of sp³-hybridized carbons (Fsp3) is 0.294. The molecule has 2 aromatic heterocycles. The number of nitrogens with two attached hydrogens (primary N) is 1. The minimum atomic E-state index is -0.980. The van der Waals surface area contributed by atoms with E-state index in [1.807, 2.05) is 6.07 Å². The molecule has 1 aliphatic rings. The normalized spacial score (nSPS) is 14.0. The zero-order valence-electron chi connectivity index (χ0n) is 13.6. The zero-order valence-corrected chi connectivity index (χ0v) is 15.9. The van der Waals surface area contributed by atoms with Crippen molar-refractivity contribution >= 4 is 50.7 Å². The first-order valence-electron chi connectivity index (χ1n) is 7.69. The standard InChI is InChI=1S/C17H15Cl2N3O2S/c1-17(2,23)11-5-8-13(21-16(20)22-15(8)25-11)12-7-3-4-24-14(7)10(19)6-9(12)18/h5-6,23H,3-4H2,1-2H3,(H2,20,21,22). The van der Waals surface area contributed by atoms with E-state index in [0.717, 1.165) is 21.4 Å². The lowest BCUT2D eigenvalue weighted by molar-refractivity contribution is 0.0826. The number of fused-ring (bicyclic) bond motifs is 2. The van der Waals surface area contributed by atoms with E-state index in [-0.39, 0.29) is 5.95 Å². The summed E-state index contributed by atoms with van der Waals surface area (Å²) in [5.74, 6) is 0.801. The number of halogens is 2. The van der Waals surface area contributed by atoms with Gasteiger partial charge in [0.2, 0.25) is 5.95 Å². The molecule has 3 heterocycles. The van der Waals surface area contributed by atoms with Crippen LogP contribution in [0.25, 0.3) is 21.5 Å². The minimum absolute atomic E-state index is 0.158. The Morgan fingerprint density at radius 1 is 1.24 bits per heavy atom. The Bertz CT molecular complexity index is 1010. The van der Waals surface area contributed by atoms with Crippen LogP contribution in [0.5, 0.6) is 5.75 Å². The third-order valence-electron chi connectivity index (χ3n) is 4.13. The molecule has 8 heteroatoms. The molecule has 5 nitrogen and oxygen atoms in total. The van der Waals surface area contributed by atoms with Gasteiger partial charge in [-0.25, -0.2) is 9.97 Å². The number of hydrogen-bond donors (Lipinski definition) is 2. The summed E-state index contributed by atoms with van der Waals surface area (Å²) in [5, 5.41) is 12.1. The highest BCUT2D eigenvalue weighted by atomic mass is 35.5. The van der Waals surface area contributed by atoms with E-state index in [0.29, 0.717) is 39.3 Å². The van der Waals surface area contributed by atoms with Gasteiger partial charge in [0.1, 0.15) is 10.6 Å². The predicted molar refractivity (Wildman–Crippen MR) is 102 cm³/mol. The van der Waals surface area contributed by atoms with Crippen molar-refractivity contribution < 1.29 is 9.84 Å². The summed E-state index contributed by atoms with van der Waals surface area (Å²) < 4.78 is 5.65. The second-order valence-corrected chi connectivity index (χ2v) is 8.29. The summed E-state index contributed by atoms with van der Waals surface area (Å²) in [7, 11) is 0. The number of thiophene rings is 1. The smallest absolute Gasteiger partial charge is 0.221 e. The van der Waals surface area contributed by atoms with Gasteiger partial charge >= 0.3 is 0 Å². The number of benzene rings is 1. The van der Waals surface area contributed by atoms with Gasteiger partial charge in [-0.2, -0.15) is 0 Å². The summed E-state index contributed by atoms with van der Waals surface area (Å²) >= 11 is 14.1. The summed E-state index contributed by atoms with van der Waals surface area (Å²) in [6.07, 6.45) is 0.693. The second kappa shape index (κ2) is 5.71. The fourth-order valence-electron chi connectivity index (χ4n) is 2.99. The van der Waals surface area contributed by atoms with E-state index in [1.165, 1.54) is 11.3 Å². The molecule has 0 spiro atoms. The molecule has 0 unspecified atom stereocenters. The van der Waals surface area contributed by atoms with Crippen molar-refractivity contribution in [2.45, 2.75) is 25.9 Å². The molecule has 0 amide bonds. The van der Waals surface area contributed by atoms with Crippen molar-refractivity contribution in [1.82, 2.24) is 9.97 Å². The predicted octanol–water partition coefficient (Wildman–Crippen LogP) is 4.41. The van der Waals surface area contributed by atoms with Crippen LogP contribution < -0.4 is 10.5 Å². The second-order valence-electron chi connectivity index (χ2n) is 6.44. The molecule has 0 saturated carbocycles. The fourth-order valence-corrected chi connectivity index (χ4v) is 4.67. The average molecular weight is 396 g/mol. The Labute approximate surface area is 158 Å². The van der Waals surface area contributed by atoms with E-state index < -0.39 is 5.60 Å². The van der Waals surface area contributed by atoms with E-state index >= 15 is 0 Å². The van der Waals surface area contributed by atoms with Crippen LogP contribution in [0, 0.1) is 0 Å². The molecule has 0 radical (unpaired) electrons. The number of nitrogen functional groups attached to an aromatic ring is 1. The first kappa shape index (κ1) is 16.8. The number of nitrogens with zero attached hydrogens (tertiary/aromatic N) is 2. The van der Waals surface area contributed by atoms with Gasteiger partial charge in [-0.05, 0) is 26.0 Å². The van der Waals surface area contributed by atoms with E-state index in [9.17, 15) is 5.11 Å². The lowest BCUT2D eigenvalue weighted by Gasteiger charge is -2.13. The van der Waals surface area contributed by atoms with Crippen LogP contribution in [0.1, 0.15) is 24.3 Å². The number of anilines is 1. The summed E-state index contributed by atoms with van der Waals surface area (Å²) in [5.41, 5.74) is 7.27. The highest BCUT2D eigenvalue weighted by Crippen LogP contribution is 2.46. The van der Waals surface area contributed by atoms with Gasteiger partial charge in [-0.15, -0.1) is 11.3 Å². The number of aromatic nitrogens is 2. The van der Waals surface area contributed by atoms with Crippen LogP contribution in [0.3, 0.4) is 0 Å². The van der Waals surface area contributed by atoms with Crippen molar-refractivity contribution in [3.63, 3.8) is 0 Å². The van der Waals surface area contributed by atoms with Gasteiger partial charge < -0.3 is 15.6 Å². The Morgan fingerprint density at radius 3 is 2.72 bits per heavy atom. The molecule has 4 rings (SSSR count). The van der Waals surface area contributed by atoms with Gasteiger partial charge in [-0.3, -0.25) is 0 Å². The molecule has 130 valence electrons. The van der Waals surface area contributed by atoms with Crippen molar-refractivity contribution in [1.29, 1.82) is 0 Å². The maximum Gasteiger partial charge on any atom is 0.221 e. The summed E-state index contributed by atoms with van der Waals surface area (Å²) in [6.45, 7) is 4.01. The highest BCUT2D eigenvalue weighted by molar-refractivity contribution is 7.18. The Morgan fingerprint density at radius 2 is 2.00 bits per heavy atom. The lowest BCUT2D eigenvalue weighted by atomic mass is 9.99. The number of rotatable bonds is 2. The van der Waals surface area contributed by atoms with Gasteiger partial charge in [-0.1, -0.05) is 23.2 Å². The first-order valence-corrected chi connectivity index (χ1v) is 9.27. The Kier molecular flexibility index (Phi) is 3.85. The Hall–Kier alpha value is -1.60. The quantitative estimate of drug-likeness (QED) is 0.671. The van der Waals surface area contributed by atoms with Crippen LogP contribution in [0.15, 0.2) is 12.1 Å². The molecule has 0 aliphatic carbocycles. The van der Waals surface area contributed by atoms with Gasteiger partial charge in [0.15, 0.2) is 0 Å². The molecule has 0 fully saturated rings. The molecule has 0 bridgehead atoms. The number of ether oxygens (including phenoxy) is 1. The summed E-state index contributed by atoms with van der Waals surface area (Å²) in [6, 6.07) is 3.55. The number of aliphatic hydroxyl groups is 1. The van der Waals surface area contributed by atoms with Gasteiger partial charge in [0.05, 0.1) is 27.9 Å². The third-order valence-corrected chi connectivity index (χ3v) is 6.05. The summed E-state index contributed by atoms with van der Waals surface area (Å²) in [4.78, 5) is 10.2. The highest BCUT2D eigenvalue weighted by Gasteiger charge is 2.27. The van der Waals surface area contributed by atoms with Crippen molar-refractivity contribution in [2.24, 2.45) is 0 Å². The van der Waals surface area contributed by atoms with Crippen LogP contribution in [-0.4, -0.2) is 21.7 Å². The maximum absolute atomic E-state index is 10.3. The maximum atomic E-state index is 10.3. The van der Waals surface area contributed by atoms with E-state index in [4.69, 9.17) is 33.7 Å². The van der Waals surface area contributed by atoms with Crippen LogP contribution in [-0.2, 0) is 12.0 Å². The SMILES string of the molecule is CC(C)(O)c1cc2c(-c3c(Cl)cc(Cl)c4c3CCO4)nc(N)nc2s1. The van der Waals surface area contributed by atoms with Crippen LogP contribution in [0.2, 0.25) is 10.0 Å². The average Bonchev–Trinajstić information content (AvgIpc) is 3.12. The molecule has 0 saturated heterocycles. The van der Waals surface area contributed by atoms with Crippen molar-refractivity contribution in [3.8, 4) is 17.0 Å². The molecule has 3 N–H and O–H groups in total. The largest absolute Gasteiger partial charge is 0.491 e. The topological polar surface area (TPSA) is 81.3 Å². The molecule has 25 heavy (non-hydrogen) atoms.